The van der Waals surface area contributed by atoms with Gasteiger partial charge in [-0.2, -0.15) is 0 Å². The molecule has 124 valence electrons. The molecule has 0 bridgehead atoms. The summed E-state index contributed by atoms with van der Waals surface area (Å²) >= 11 is 0. The summed E-state index contributed by atoms with van der Waals surface area (Å²) in [5.41, 5.74) is 5.81. The van der Waals surface area contributed by atoms with Gasteiger partial charge in [0.25, 0.3) is 0 Å². The maximum absolute atomic E-state index is 12.4. The molecule has 0 aromatic rings. The molecule has 1 amide bonds. The summed E-state index contributed by atoms with van der Waals surface area (Å²) in [6.07, 6.45) is 1.66. The number of piperazine rings is 1. The summed E-state index contributed by atoms with van der Waals surface area (Å²) in [7, 11) is 4.20. The van der Waals surface area contributed by atoms with Gasteiger partial charge in [-0.05, 0) is 38.9 Å². The van der Waals surface area contributed by atoms with E-state index >= 15 is 0 Å². The van der Waals surface area contributed by atoms with E-state index in [0.29, 0.717) is 30.7 Å². The number of carbonyl (C=O) groups excluding carboxylic acids is 1. The van der Waals surface area contributed by atoms with Gasteiger partial charge in [-0.3, -0.25) is 9.69 Å². The van der Waals surface area contributed by atoms with Crippen LogP contribution in [0.25, 0.3) is 0 Å². The molecule has 1 saturated heterocycles. The molecule has 2 N–H and O–H groups in total. The van der Waals surface area contributed by atoms with Crippen LogP contribution in [0.3, 0.4) is 0 Å². The predicted molar refractivity (Wildman–Crippen MR) is 88.2 cm³/mol. The summed E-state index contributed by atoms with van der Waals surface area (Å²) < 4.78 is 0. The van der Waals surface area contributed by atoms with Gasteiger partial charge in [-0.15, -0.1) is 0 Å². The lowest BCUT2D eigenvalue weighted by atomic mass is 9.93. The normalized spacial score (nSPS) is 18.5. The fourth-order valence-corrected chi connectivity index (χ4v) is 2.87. The lowest BCUT2D eigenvalue weighted by molar-refractivity contribution is -0.134. The Labute approximate surface area is 130 Å². The summed E-state index contributed by atoms with van der Waals surface area (Å²) in [6.45, 7) is 10.9. The first-order chi connectivity index (χ1) is 9.92. The van der Waals surface area contributed by atoms with Crippen LogP contribution in [0.5, 0.6) is 0 Å². The molecule has 1 atom stereocenters. The summed E-state index contributed by atoms with van der Waals surface area (Å²) in [4.78, 5) is 19.0. The van der Waals surface area contributed by atoms with Crippen LogP contribution >= 0.6 is 0 Å². The van der Waals surface area contributed by atoms with Crippen LogP contribution in [0.1, 0.15) is 26.7 Å². The standard InChI is InChI=1S/C16H34N4O/c1-14(2)11-15(13-17)12-16(21)20-9-7-19(8-10-20)6-5-18(3)4/h14-15H,5-13,17H2,1-4H3/t15-/m0/s1. The molecule has 0 aromatic heterocycles. The van der Waals surface area contributed by atoms with Crippen molar-refractivity contribution in [3.05, 3.63) is 0 Å². The highest BCUT2D eigenvalue weighted by atomic mass is 16.2. The Bertz CT molecular complexity index is 299. The second-order valence-electron chi connectivity index (χ2n) is 6.96. The van der Waals surface area contributed by atoms with E-state index in [0.717, 1.165) is 45.7 Å². The van der Waals surface area contributed by atoms with E-state index in [-0.39, 0.29) is 0 Å². The van der Waals surface area contributed by atoms with Gasteiger partial charge in [0.05, 0.1) is 0 Å². The second-order valence-corrected chi connectivity index (χ2v) is 6.96. The molecule has 5 heteroatoms. The molecular formula is C16H34N4O. The van der Waals surface area contributed by atoms with Crippen LogP contribution in [0.15, 0.2) is 0 Å². The summed E-state index contributed by atoms with van der Waals surface area (Å²) in [6, 6.07) is 0. The van der Waals surface area contributed by atoms with Gasteiger partial charge in [0.2, 0.25) is 5.91 Å². The Morgan fingerprint density at radius 1 is 1.19 bits per heavy atom. The topological polar surface area (TPSA) is 52.8 Å². The second kappa shape index (κ2) is 9.38. The van der Waals surface area contributed by atoms with Crippen LogP contribution < -0.4 is 5.73 Å². The van der Waals surface area contributed by atoms with Gasteiger partial charge in [0.15, 0.2) is 0 Å². The zero-order valence-electron chi connectivity index (χ0n) is 14.3. The number of hydrogen-bond acceptors (Lipinski definition) is 4. The third-order valence-electron chi connectivity index (χ3n) is 4.19. The van der Waals surface area contributed by atoms with E-state index in [1.165, 1.54) is 0 Å². The van der Waals surface area contributed by atoms with Crippen molar-refractivity contribution in [2.75, 3.05) is 59.9 Å². The fraction of sp³-hybridized carbons (Fsp3) is 0.938. The maximum Gasteiger partial charge on any atom is 0.222 e. The Morgan fingerprint density at radius 3 is 2.29 bits per heavy atom. The minimum atomic E-state index is 0.290. The van der Waals surface area contributed by atoms with E-state index in [1.54, 1.807) is 0 Å². The Balaban J connectivity index is 2.30. The smallest absolute Gasteiger partial charge is 0.222 e. The molecule has 0 aliphatic carbocycles. The number of carbonyl (C=O) groups is 1. The Kier molecular flexibility index (Phi) is 8.22. The number of rotatable bonds is 8. The zero-order valence-corrected chi connectivity index (χ0v) is 14.3. The summed E-state index contributed by atoms with van der Waals surface area (Å²) in [5.74, 6) is 1.23. The van der Waals surface area contributed by atoms with E-state index in [4.69, 9.17) is 5.73 Å². The highest BCUT2D eigenvalue weighted by Gasteiger charge is 2.23. The first kappa shape index (κ1) is 18.4. The largest absolute Gasteiger partial charge is 0.340 e. The molecule has 21 heavy (non-hydrogen) atoms. The number of hydrogen-bond donors (Lipinski definition) is 1. The zero-order chi connectivity index (χ0) is 15.8. The lowest BCUT2D eigenvalue weighted by Gasteiger charge is -2.35. The summed E-state index contributed by atoms with van der Waals surface area (Å²) in [5, 5.41) is 0. The minimum absolute atomic E-state index is 0.290. The lowest BCUT2D eigenvalue weighted by Crippen LogP contribution is -2.50. The highest BCUT2D eigenvalue weighted by Crippen LogP contribution is 2.16. The third kappa shape index (κ3) is 7.25. The molecule has 1 heterocycles. The molecule has 0 saturated carbocycles. The Hall–Kier alpha value is -0.650. The van der Waals surface area contributed by atoms with Crippen molar-refractivity contribution in [2.45, 2.75) is 26.7 Å². The van der Waals surface area contributed by atoms with Gasteiger partial charge >= 0.3 is 0 Å². The molecular weight excluding hydrogens is 264 g/mol. The first-order valence-corrected chi connectivity index (χ1v) is 8.27. The van der Waals surface area contributed by atoms with Gasteiger partial charge in [0, 0.05) is 45.7 Å². The molecule has 1 rings (SSSR count). The molecule has 1 fully saturated rings. The molecule has 0 spiro atoms. The van der Waals surface area contributed by atoms with Crippen molar-refractivity contribution in [1.29, 1.82) is 0 Å². The van der Waals surface area contributed by atoms with E-state index in [1.807, 2.05) is 4.90 Å². The quantitative estimate of drug-likeness (QED) is 0.717. The molecule has 1 aliphatic heterocycles. The van der Waals surface area contributed by atoms with Crippen molar-refractivity contribution < 1.29 is 4.79 Å². The number of nitrogens with zero attached hydrogens (tertiary/aromatic N) is 3. The number of likely N-dealkylation sites (N-methyl/N-ethyl adjacent to an activating group) is 1. The minimum Gasteiger partial charge on any atom is -0.340 e. The average molecular weight is 298 g/mol. The van der Waals surface area contributed by atoms with Crippen molar-refractivity contribution in [2.24, 2.45) is 17.6 Å². The van der Waals surface area contributed by atoms with Gasteiger partial charge < -0.3 is 15.5 Å². The van der Waals surface area contributed by atoms with Crippen molar-refractivity contribution in [3.8, 4) is 0 Å². The predicted octanol–water partition coefficient (Wildman–Crippen LogP) is 0.703. The third-order valence-corrected chi connectivity index (χ3v) is 4.19. The monoisotopic (exact) mass is 298 g/mol. The van der Waals surface area contributed by atoms with Crippen LogP contribution in [0.2, 0.25) is 0 Å². The van der Waals surface area contributed by atoms with E-state index in [2.05, 4.69) is 37.7 Å². The highest BCUT2D eigenvalue weighted by molar-refractivity contribution is 5.76. The molecule has 0 aromatic carbocycles. The van der Waals surface area contributed by atoms with Crippen LogP contribution in [0.4, 0.5) is 0 Å². The SMILES string of the molecule is CC(C)C[C@H](CN)CC(=O)N1CCN(CCN(C)C)CC1. The van der Waals surface area contributed by atoms with Crippen molar-refractivity contribution in [3.63, 3.8) is 0 Å². The van der Waals surface area contributed by atoms with E-state index in [9.17, 15) is 4.79 Å². The first-order valence-electron chi connectivity index (χ1n) is 8.27. The average Bonchev–Trinajstić information content (AvgIpc) is 2.44. The van der Waals surface area contributed by atoms with Gasteiger partial charge in [-0.1, -0.05) is 13.8 Å². The van der Waals surface area contributed by atoms with Crippen LogP contribution in [-0.4, -0.2) is 80.5 Å². The molecule has 5 nitrogen and oxygen atoms in total. The van der Waals surface area contributed by atoms with Gasteiger partial charge in [-0.25, -0.2) is 0 Å². The van der Waals surface area contributed by atoms with E-state index < -0.39 is 0 Å². The molecule has 1 aliphatic rings. The Morgan fingerprint density at radius 2 is 1.81 bits per heavy atom. The molecule has 0 unspecified atom stereocenters. The fourth-order valence-electron chi connectivity index (χ4n) is 2.87. The number of nitrogens with two attached hydrogens (primary N) is 1. The van der Waals surface area contributed by atoms with Crippen molar-refractivity contribution >= 4 is 5.91 Å². The van der Waals surface area contributed by atoms with Crippen LogP contribution in [-0.2, 0) is 4.79 Å². The molecule has 0 radical (unpaired) electrons. The van der Waals surface area contributed by atoms with Crippen molar-refractivity contribution in [1.82, 2.24) is 14.7 Å². The van der Waals surface area contributed by atoms with Crippen LogP contribution in [0, 0.1) is 11.8 Å². The number of amides is 1. The maximum atomic E-state index is 12.4. The van der Waals surface area contributed by atoms with Gasteiger partial charge in [0.1, 0.15) is 0 Å².